The first kappa shape index (κ1) is 11.1. The molecule has 6 heteroatoms. The molecule has 2 heterocycles. The van der Waals surface area contributed by atoms with Crippen molar-refractivity contribution < 1.29 is 9.53 Å². The number of ether oxygens (including phenoxy) is 1. The lowest BCUT2D eigenvalue weighted by Crippen LogP contribution is -2.35. The van der Waals surface area contributed by atoms with Crippen molar-refractivity contribution in [2.75, 3.05) is 13.2 Å². The highest BCUT2D eigenvalue weighted by molar-refractivity contribution is 5.80. The van der Waals surface area contributed by atoms with Crippen LogP contribution in [0.3, 0.4) is 0 Å². The van der Waals surface area contributed by atoms with Crippen LogP contribution in [0.2, 0.25) is 0 Å². The number of carbonyl (C=O) groups is 1. The summed E-state index contributed by atoms with van der Waals surface area (Å²) in [4.78, 5) is 15.4. The van der Waals surface area contributed by atoms with Gasteiger partial charge in [0, 0.05) is 19.7 Å². The number of aryl methyl sites for hydroxylation is 1. The van der Waals surface area contributed by atoms with Gasteiger partial charge >= 0.3 is 0 Å². The van der Waals surface area contributed by atoms with E-state index in [1.54, 1.807) is 11.0 Å². The van der Waals surface area contributed by atoms with E-state index in [9.17, 15) is 4.79 Å². The molecule has 0 saturated carbocycles. The quantitative estimate of drug-likeness (QED) is 0.713. The summed E-state index contributed by atoms with van der Waals surface area (Å²) >= 11 is 0. The average molecular weight is 224 g/mol. The van der Waals surface area contributed by atoms with Gasteiger partial charge in [-0.3, -0.25) is 9.48 Å². The van der Waals surface area contributed by atoms with E-state index in [0.717, 1.165) is 25.8 Å². The van der Waals surface area contributed by atoms with Gasteiger partial charge in [-0.15, -0.1) is 0 Å². The fourth-order valence-electron chi connectivity index (χ4n) is 1.70. The first-order valence-corrected chi connectivity index (χ1v) is 5.58. The van der Waals surface area contributed by atoms with Gasteiger partial charge in [-0.1, -0.05) is 0 Å². The minimum absolute atomic E-state index is 0.0103. The maximum Gasteiger partial charge on any atom is 0.249 e. The Kier molecular flexibility index (Phi) is 3.87. The Bertz CT molecular complexity index is 320. The molecule has 1 aromatic rings. The highest BCUT2D eigenvalue weighted by Gasteiger charge is 2.22. The van der Waals surface area contributed by atoms with Crippen molar-refractivity contribution in [2.24, 2.45) is 0 Å². The van der Waals surface area contributed by atoms with Gasteiger partial charge in [0.1, 0.15) is 18.8 Å². The highest BCUT2D eigenvalue weighted by Crippen LogP contribution is 2.11. The van der Waals surface area contributed by atoms with Crippen LogP contribution in [-0.2, 0) is 16.1 Å². The Morgan fingerprint density at radius 2 is 2.56 bits per heavy atom. The Morgan fingerprint density at radius 1 is 1.62 bits per heavy atom. The maximum atomic E-state index is 11.5. The number of carbonyl (C=O) groups excluding carboxylic acids is 1. The third kappa shape index (κ3) is 3.03. The topological polar surface area (TPSA) is 69.0 Å². The fourth-order valence-corrected chi connectivity index (χ4v) is 1.70. The normalized spacial score (nSPS) is 19.9. The molecular formula is C10H16N4O2. The van der Waals surface area contributed by atoms with E-state index in [0.29, 0.717) is 13.2 Å². The molecule has 88 valence electrons. The number of nitrogens with zero attached hydrogens (tertiary/aromatic N) is 3. The summed E-state index contributed by atoms with van der Waals surface area (Å²) in [6.07, 6.45) is 5.62. The molecule has 1 unspecified atom stereocenters. The van der Waals surface area contributed by atoms with Crippen LogP contribution in [-0.4, -0.2) is 39.9 Å². The molecule has 0 bridgehead atoms. The van der Waals surface area contributed by atoms with Crippen molar-refractivity contribution >= 4 is 5.91 Å². The van der Waals surface area contributed by atoms with E-state index in [-0.39, 0.29) is 12.0 Å². The fraction of sp³-hybridized carbons (Fsp3) is 0.700. The number of hydrogen-bond donors (Lipinski definition) is 1. The van der Waals surface area contributed by atoms with Gasteiger partial charge < -0.3 is 10.1 Å². The predicted octanol–water partition coefficient (Wildman–Crippen LogP) is -0.0366. The van der Waals surface area contributed by atoms with Crippen molar-refractivity contribution in [3.63, 3.8) is 0 Å². The summed E-state index contributed by atoms with van der Waals surface area (Å²) in [6.45, 7) is 2.13. The molecule has 6 nitrogen and oxygen atoms in total. The Morgan fingerprint density at radius 3 is 3.25 bits per heavy atom. The lowest BCUT2D eigenvalue weighted by Gasteiger charge is -2.09. The SMILES string of the molecule is O=C(NCCCn1cncn1)C1CCCO1. The van der Waals surface area contributed by atoms with E-state index >= 15 is 0 Å². The monoisotopic (exact) mass is 224 g/mol. The van der Waals surface area contributed by atoms with Crippen molar-refractivity contribution in [3.05, 3.63) is 12.7 Å². The van der Waals surface area contributed by atoms with Crippen LogP contribution in [0.5, 0.6) is 0 Å². The van der Waals surface area contributed by atoms with Crippen molar-refractivity contribution in [2.45, 2.75) is 31.9 Å². The molecular weight excluding hydrogens is 208 g/mol. The number of rotatable bonds is 5. The van der Waals surface area contributed by atoms with Crippen molar-refractivity contribution in [1.82, 2.24) is 20.1 Å². The summed E-state index contributed by atoms with van der Waals surface area (Å²) in [5.41, 5.74) is 0. The van der Waals surface area contributed by atoms with Crippen LogP contribution in [0.1, 0.15) is 19.3 Å². The van der Waals surface area contributed by atoms with Crippen LogP contribution >= 0.6 is 0 Å². The molecule has 1 amide bonds. The number of nitrogens with one attached hydrogen (secondary N) is 1. The molecule has 1 N–H and O–H groups in total. The van der Waals surface area contributed by atoms with Crippen LogP contribution < -0.4 is 5.32 Å². The molecule has 1 aliphatic rings. The lowest BCUT2D eigenvalue weighted by atomic mass is 10.2. The second-order valence-electron chi connectivity index (χ2n) is 3.80. The van der Waals surface area contributed by atoms with Gasteiger partial charge in [0.2, 0.25) is 5.91 Å². The summed E-state index contributed by atoms with van der Waals surface area (Å²) in [7, 11) is 0. The van der Waals surface area contributed by atoms with Crippen molar-refractivity contribution in [1.29, 1.82) is 0 Å². The molecule has 1 saturated heterocycles. The number of hydrogen-bond acceptors (Lipinski definition) is 4. The molecule has 0 aromatic carbocycles. The zero-order valence-corrected chi connectivity index (χ0v) is 9.13. The Balaban J connectivity index is 1.59. The summed E-state index contributed by atoms with van der Waals surface area (Å²) < 4.78 is 7.03. The van der Waals surface area contributed by atoms with Gasteiger partial charge in [-0.05, 0) is 19.3 Å². The van der Waals surface area contributed by atoms with Gasteiger partial charge in [0.05, 0.1) is 0 Å². The molecule has 0 aliphatic carbocycles. The van der Waals surface area contributed by atoms with Crippen molar-refractivity contribution in [3.8, 4) is 0 Å². The zero-order valence-electron chi connectivity index (χ0n) is 9.13. The summed E-state index contributed by atoms with van der Waals surface area (Å²) in [6, 6.07) is 0. The Labute approximate surface area is 94.0 Å². The number of aromatic nitrogens is 3. The first-order valence-electron chi connectivity index (χ1n) is 5.58. The smallest absolute Gasteiger partial charge is 0.249 e. The minimum atomic E-state index is -0.230. The van der Waals surface area contributed by atoms with E-state index < -0.39 is 0 Å². The van der Waals surface area contributed by atoms with E-state index in [1.165, 1.54) is 6.33 Å². The zero-order chi connectivity index (χ0) is 11.2. The van der Waals surface area contributed by atoms with Crippen LogP contribution in [0.4, 0.5) is 0 Å². The van der Waals surface area contributed by atoms with Crippen LogP contribution in [0.25, 0.3) is 0 Å². The van der Waals surface area contributed by atoms with E-state index in [4.69, 9.17) is 4.74 Å². The molecule has 0 radical (unpaired) electrons. The lowest BCUT2D eigenvalue weighted by molar-refractivity contribution is -0.130. The minimum Gasteiger partial charge on any atom is -0.368 e. The van der Waals surface area contributed by atoms with Gasteiger partial charge in [0.15, 0.2) is 0 Å². The molecule has 2 rings (SSSR count). The average Bonchev–Trinajstić information content (AvgIpc) is 2.96. The number of amides is 1. The summed E-state index contributed by atoms with van der Waals surface area (Å²) in [5, 5.41) is 6.84. The standard InChI is InChI=1S/C10H16N4O2/c15-10(9-3-1-6-16-9)12-4-2-5-14-8-11-7-13-14/h7-9H,1-6H2,(H,12,15). The second-order valence-corrected chi connectivity index (χ2v) is 3.80. The molecule has 16 heavy (non-hydrogen) atoms. The second kappa shape index (κ2) is 5.60. The van der Waals surface area contributed by atoms with Gasteiger partial charge in [-0.2, -0.15) is 5.10 Å². The molecule has 1 aliphatic heterocycles. The maximum absolute atomic E-state index is 11.5. The largest absolute Gasteiger partial charge is 0.368 e. The van der Waals surface area contributed by atoms with E-state index in [1.807, 2.05) is 0 Å². The molecule has 1 fully saturated rings. The predicted molar refractivity (Wildman–Crippen MR) is 56.6 cm³/mol. The molecule has 1 aromatic heterocycles. The third-order valence-corrected chi connectivity index (χ3v) is 2.55. The van der Waals surface area contributed by atoms with E-state index in [2.05, 4.69) is 15.4 Å². The van der Waals surface area contributed by atoms with Gasteiger partial charge in [-0.25, -0.2) is 4.98 Å². The first-order chi connectivity index (χ1) is 7.86. The molecule has 0 spiro atoms. The van der Waals surface area contributed by atoms with Crippen LogP contribution in [0.15, 0.2) is 12.7 Å². The Hall–Kier alpha value is -1.43. The third-order valence-electron chi connectivity index (χ3n) is 2.55. The van der Waals surface area contributed by atoms with Crippen LogP contribution in [0, 0.1) is 0 Å². The summed E-state index contributed by atoms with van der Waals surface area (Å²) in [5.74, 6) is 0.0103. The highest BCUT2D eigenvalue weighted by atomic mass is 16.5. The molecule has 1 atom stereocenters. The van der Waals surface area contributed by atoms with Gasteiger partial charge in [0.25, 0.3) is 0 Å².